The Labute approximate surface area is 302 Å². The third kappa shape index (κ3) is 5.84. The van der Waals surface area contributed by atoms with E-state index in [0.717, 1.165) is 44.2 Å². The zero-order valence-electron chi connectivity index (χ0n) is 28.5. The van der Waals surface area contributed by atoms with Crippen molar-refractivity contribution in [1.29, 1.82) is 0 Å². The predicted molar refractivity (Wildman–Crippen MR) is 188 cm³/mol. The Morgan fingerprint density at radius 3 is 2.73 bits per heavy atom. The minimum atomic E-state index is -4.66. The molecule has 0 spiro atoms. The van der Waals surface area contributed by atoms with Crippen LogP contribution in [-0.4, -0.2) is 82.1 Å². The quantitative estimate of drug-likeness (QED) is 0.114. The molecule has 4 aromatic heterocycles. The van der Waals surface area contributed by atoms with Crippen LogP contribution in [0.15, 0.2) is 54.9 Å². The number of alkyl halides is 4. The maximum atomic E-state index is 15.0. The van der Waals surface area contributed by atoms with Crippen molar-refractivity contribution in [2.75, 3.05) is 26.3 Å². The van der Waals surface area contributed by atoms with E-state index >= 15 is 13.2 Å². The molecule has 3 saturated heterocycles. The Hall–Kier alpha value is -4.10. The second-order valence-corrected chi connectivity index (χ2v) is 16.1. The Kier molecular flexibility index (Phi) is 8.48. The summed E-state index contributed by atoms with van der Waals surface area (Å²) in [5, 5.41) is 6.24. The number of pyridine rings is 1. The molecule has 270 valence electrons. The van der Waals surface area contributed by atoms with Crippen LogP contribution in [0.4, 0.5) is 17.6 Å². The van der Waals surface area contributed by atoms with Crippen molar-refractivity contribution in [3.05, 3.63) is 71.5 Å². The van der Waals surface area contributed by atoms with E-state index in [2.05, 4.69) is 15.0 Å². The number of benzene rings is 2. The Balaban J connectivity index is 1.20. The van der Waals surface area contributed by atoms with Crippen LogP contribution in [0.3, 0.4) is 0 Å². The van der Waals surface area contributed by atoms with Crippen LogP contribution in [0.1, 0.15) is 61.4 Å². The van der Waals surface area contributed by atoms with Gasteiger partial charge >= 0.3 is 303 Å². The van der Waals surface area contributed by atoms with Gasteiger partial charge in [0.2, 0.25) is 0 Å². The monoisotopic (exact) mass is 780 g/mol. The van der Waals surface area contributed by atoms with Crippen LogP contribution < -0.4 is 9.47 Å². The molecule has 0 radical (unpaired) electrons. The first-order valence-corrected chi connectivity index (χ1v) is 19.4. The average Bonchev–Trinajstić information content (AvgIpc) is 3.90. The first kappa shape index (κ1) is 33.7. The number of halogens is 4. The number of ether oxygens (including phenoxy) is 3. The summed E-state index contributed by atoms with van der Waals surface area (Å²) in [4.78, 5) is 16.4. The number of rotatable bonds is 8. The predicted octanol–water partition coefficient (Wildman–Crippen LogP) is 7.81. The van der Waals surface area contributed by atoms with Gasteiger partial charge in [0.15, 0.2) is 0 Å². The van der Waals surface area contributed by atoms with Crippen molar-refractivity contribution < 1.29 is 31.8 Å². The van der Waals surface area contributed by atoms with Gasteiger partial charge in [-0.25, -0.2) is 0 Å². The van der Waals surface area contributed by atoms with Crippen molar-refractivity contribution in [2.24, 2.45) is 0 Å². The molecule has 0 aliphatic carbocycles. The molecule has 9 rings (SSSR count). The molecule has 3 aliphatic heterocycles. The van der Waals surface area contributed by atoms with E-state index in [0.29, 0.717) is 49.9 Å². The standard InChI is InChI=1S/C38H36F4N6O3Se/c1-22-16-27-26(18-44-48(27)28-10-5-6-15-49-28)29(31(22)38(40,41)42)32-33-25(11-13-43-32)30-34(50-20-23-8-3-2-4-9-23)45-36(46-35(30)52-33)51-21-37-12-7-14-47(37)19-24(39)17-37/h2-4,8-9,11,13,16,18,24,28H,5-7,10,12,14-15,17,19-21H2,1H3/t24-,28?,37+/m1/s1. The fourth-order valence-electron chi connectivity index (χ4n) is 8.35. The minimum absolute atomic E-state index is 0.00490. The van der Waals surface area contributed by atoms with Gasteiger partial charge in [-0.1, -0.05) is 0 Å². The van der Waals surface area contributed by atoms with Crippen molar-refractivity contribution in [2.45, 2.75) is 76.2 Å². The molecule has 9 nitrogen and oxygen atoms in total. The van der Waals surface area contributed by atoms with Gasteiger partial charge in [-0.15, -0.1) is 0 Å². The van der Waals surface area contributed by atoms with Crippen molar-refractivity contribution >= 4 is 44.8 Å². The number of fused-ring (bicyclic) bond motifs is 5. The van der Waals surface area contributed by atoms with Crippen LogP contribution in [0.2, 0.25) is 0 Å². The second-order valence-electron chi connectivity index (χ2n) is 14.1. The summed E-state index contributed by atoms with van der Waals surface area (Å²) in [5.74, 6) is 0.282. The van der Waals surface area contributed by atoms with Gasteiger partial charge in [0, 0.05) is 0 Å². The van der Waals surface area contributed by atoms with E-state index in [9.17, 15) is 4.39 Å². The Morgan fingerprint density at radius 2 is 1.92 bits per heavy atom. The first-order valence-electron chi connectivity index (χ1n) is 17.7. The number of aromatic nitrogens is 5. The normalized spacial score (nSPS) is 22.5. The summed E-state index contributed by atoms with van der Waals surface area (Å²) in [5.41, 5.74) is 0.658. The van der Waals surface area contributed by atoms with E-state index in [4.69, 9.17) is 24.2 Å². The van der Waals surface area contributed by atoms with E-state index in [-0.39, 0.29) is 48.2 Å². The van der Waals surface area contributed by atoms with Crippen molar-refractivity contribution in [1.82, 2.24) is 29.6 Å². The summed E-state index contributed by atoms with van der Waals surface area (Å²) in [6, 6.07) is 13.1. The molecular weight excluding hydrogens is 743 g/mol. The molecule has 6 aromatic rings. The molecule has 2 aromatic carbocycles. The number of hydrogen-bond donors (Lipinski definition) is 0. The van der Waals surface area contributed by atoms with E-state index in [1.54, 1.807) is 16.8 Å². The molecule has 0 bridgehead atoms. The van der Waals surface area contributed by atoms with Gasteiger partial charge < -0.3 is 0 Å². The molecule has 7 heterocycles. The van der Waals surface area contributed by atoms with Crippen LogP contribution >= 0.6 is 0 Å². The van der Waals surface area contributed by atoms with Gasteiger partial charge in [0.25, 0.3) is 0 Å². The van der Waals surface area contributed by atoms with Gasteiger partial charge in [0.1, 0.15) is 0 Å². The molecule has 0 N–H and O–H groups in total. The van der Waals surface area contributed by atoms with Gasteiger partial charge in [-0.2, -0.15) is 0 Å². The Bertz CT molecular complexity index is 2290. The van der Waals surface area contributed by atoms with E-state index < -0.39 is 38.0 Å². The molecule has 52 heavy (non-hydrogen) atoms. The summed E-state index contributed by atoms with van der Waals surface area (Å²) in [7, 11) is 0. The molecule has 1 unspecified atom stereocenters. The zero-order chi connectivity index (χ0) is 35.6. The number of nitrogens with zero attached hydrogens (tertiary/aromatic N) is 6. The van der Waals surface area contributed by atoms with Crippen molar-refractivity contribution in [3.8, 4) is 23.1 Å². The number of hydrogen-bond acceptors (Lipinski definition) is 8. The van der Waals surface area contributed by atoms with Crippen molar-refractivity contribution in [3.63, 3.8) is 0 Å². The van der Waals surface area contributed by atoms with Crippen LogP contribution in [0.5, 0.6) is 11.9 Å². The summed E-state index contributed by atoms with van der Waals surface area (Å²) in [6.07, 6.45) is 1.94. The molecule has 3 fully saturated rings. The zero-order valence-corrected chi connectivity index (χ0v) is 30.2. The summed E-state index contributed by atoms with van der Waals surface area (Å²) in [6.45, 7) is 3.73. The molecular formula is C38H36F4N6O3Se. The molecule has 3 aliphatic rings. The molecule has 0 amide bonds. The third-order valence-corrected chi connectivity index (χ3v) is 13.0. The summed E-state index contributed by atoms with van der Waals surface area (Å²) < 4.78 is 81.3. The topological polar surface area (TPSA) is 87.4 Å². The van der Waals surface area contributed by atoms with Gasteiger partial charge in [-0.3, -0.25) is 0 Å². The number of aryl methyl sites for hydroxylation is 1. The van der Waals surface area contributed by atoms with Crippen LogP contribution in [-0.2, 0) is 17.5 Å². The first-order chi connectivity index (χ1) is 25.2. The Morgan fingerprint density at radius 1 is 1.06 bits per heavy atom. The molecule has 0 saturated carbocycles. The van der Waals surface area contributed by atoms with Crippen LogP contribution in [0, 0.1) is 6.92 Å². The van der Waals surface area contributed by atoms with Gasteiger partial charge in [-0.05, 0) is 0 Å². The molecule has 14 heteroatoms. The third-order valence-electron chi connectivity index (χ3n) is 10.7. The summed E-state index contributed by atoms with van der Waals surface area (Å²) >= 11 is -0.587. The molecule has 3 atom stereocenters. The van der Waals surface area contributed by atoms with E-state index in [1.807, 2.05) is 30.3 Å². The van der Waals surface area contributed by atoms with E-state index in [1.165, 1.54) is 19.3 Å². The SMILES string of the molecule is Cc1cc2c(cnn2C2CCCCO2)c(-c2nccc3c2[se]c2nc(OC[C@@]45CCCN4C[C@H](F)C5)nc(OCc4ccccc4)c23)c1C(F)(F)F. The fraction of sp³-hybridized carbons (Fsp3) is 0.421. The average molecular weight is 780 g/mol. The maximum absolute atomic E-state index is 15.0. The fourth-order valence-corrected chi connectivity index (χ4v) is 10.8. The van der Waals surface area contributed by atoms with Gasteiger partial charge in [0.05, 0.1) is 0 Å². The van der Waals surface area contributed by atoms with Crippen LogP contribution in [0.25, 0.3) is 41.6 Å². The second kappa shape index (κ2) is 13.1.